The van der Waals surface area contributed by atoms with E-state index in [0.717, 1.165) is 0 Å². The third-order valence-electron chi connectivity index (χ3n) is 3.28. The van der Waals surface area contributed by atoms with Crippen LogP contribution in [0.3, 0.4) is 0 Å². The molecule has 1 aliphatic heterocycles. The molecule has 0 aromatic heterocycles. The summed E-state index contributed by atoms with van der Waals surface area (Å²) in [6.45, 7) is 1.21. The molecule has 1 heterocycles. The lowest BCUT2D eigenvalue weighted by Crippen LogP contribution is -2.52. The number of amides is 2. The topological polar surface area (TPSA) is 73.6 Å². The lowest BCUT2D eigenvalue weighted by Gasteiger charge is -2.31. The van der Waals surface area contributed by atoms with Crippen LogP contribution in [0.1, 0.15) is 12.0 Å². The van der Waals surface area contributed by atoms with Gasteiger partial charge in [-0.05, 0) is 24.6 Å². The van der Waals surface area contributed by atoms with E-state index in [0.29, 0.717) is 30.9 Å². The molecule has 0 saturated carbocycles. The van der Waals surface area contributed by atoms with Gasteiger partial charge in [0.05, 0.1) is 31.3 Å². The summed E-state index contributed by atoms with van der Waals surface area (Å²) in [6.07, 6.45) is 0.638. The summed E-state index contributed by atoms with van der Waals surface area (Å²) in [5.41, 5.74) is 0.548. The highest BCUT2D eigenvalue weighted by molar-refractivity contribution is 5.92. The largest absolute Gasteiger partial charge is 0.493 e. The third-order valence-corrected chi connectivity index (χ3v) is 3.28. The van der Waals surface area contributed by atoms with E-state index in [1.54, 1.807) is 36.2 Å². The van der Waals surface area contributed by atoms with Crippen LogP contribution in [0.2, 0.25) is 0 Å². The standard InChI is InChI=1S/C15H17N3O3/c1-17-10-15(20)18(11-14(17)19)6-3-7-21-13-5-2-4-12(8-13)9-16/h2,4-5,8H,3,6-7,10-11H2,1H3. The second-order valence-electron chi connectivity index (χ2n) is 4.91. The smallest absolute Gasteiger partial charge is 0.242 e. The van der Waals surface area contributed by atoms with Crippen molar-refractivity contribution in [1.82, 2.24) is 9.80 Å². The van der Waals surface area contributed by atoms with Gasteiger partial charge in [0.2, 0.25) is 11.8 Å². The predicted octanol–water partition coefficient (Wildman–Crippen LogP) is 0.628. The fraction of sp³-hybridized carbons (Fsp3) is 0.400. The molecule has 0 bridgehead atoms. The zero-order valence-electron chi connectivity index (χ0n) is 11.9. The van der Waals surface area contributed by atoms with Crippen LogP contribution in [0.4, 0.5) is 0 Å². The average molecular weight is 287 g/mol. The fourth-order valence-corrected chi connectivity index (χ4v) is 2.07. The Morgan fingerprint density at radius 3 is 2.86 bits per heavy atom. The number of benzene rings is 1. The highest BCUT2D eigenvalue weighted by Gasteiger charge is 2.26. The molecule has 1 fully saturated rings. The summed E-state index contributed by atoms with van der Waals surface area (Å²) < 4.78 is 5.54. The van der Waals surface area contributed by atoms with Crippen molar-refractivity contribution in [2.45, 2.75) is 6.42 Å². The number of nitriles is 1. The maximum atomic E-state index is 11.8. The zero-order valence-corrected chi connectivity index (χ0v) is 11.9. The van der Waals surface area contributed by atoms with E-state index in [1.807, 2.05) is 6.07 Å². The van der Waals surface area contributed by atoms with Gasteiger partial charge in [-0.3, -0.25) is 9.59 Å². The molecule has 0 N–H and O–H groups in total. The van der Waals surface area contributed by atoms with E-state index in [4.69, 9.17) is 10.00 Å². The molecule has 1 aliphatic rings. The van der Waals surface area contributed by atoms with Crippen molar-refractivity contribution >= 4 is 11.8 Å². The number of nitrogens with zero attached hydrogens (tertiary/aromatic N) is 3. The highest BCUT2D eigenvalue weighted by Crippen LogP contribution is 2.13. The quantitative estimate of drug-likeness (QED) is 0.744. The van der Waals surface area contributed by atoms with Crippen molar-refractivity contribution in [2.24, 2.45) is 0 Å². The first-order chi connectivity index (χ1) is 10.1. The average Bonchev–Trinajstić information content (AvgIpc) is 2.48. The Labute approximate surface area is 123 Å². The Balaban J connectivity index is 1.76. The van der Waals surface area contributed by atoms with Crippen molar-refractivity contribution in [3.05, 3.63) is 29.8 Å². The Hall–Kier alpha value is -2.55. The summed E-state index contributed by atoms with van der Waals surface area (Å²) in [5, 5.41) is 8.79. The summed E-state index contributed by atoms with van der Waals surface area (Å²) in [7, 11) is 1.63. The summed E-state index contributed by atoms with van der Waals surface area (Å²) in [6, 6.07) is 8.97. The number of likely N-dealkylation sites (N-methyl/N-ethyl adjacent to an activating group) is 1. The zero-order chi connectivity index (χ0) is 15.2. The van der Waals surface area contributed by atoms with Crippen LogP contribution in [0.15, 0.2) is 24.3 Å². The van der Waals surface area contributed by atoms with Crippen LogP contribution in [-0.4, -0.2) is 54.9 Å². The molecule has 0 aliphatic carbocycles. The second kappa shape index (κ2) is 6.75. The summed E-state index contributed by atoms with van der Waals surface area (Å²) in [5.74, 6) is 0.552. The van der Waals surface area contributed by atoms with Gasteiger partial charge in [-0.1, -0.05) is 6.07 Å². The van der Waals surface area contributed by atoms with E-state index in [-0.39, 0.29) is 24.9 Å². The predicted molar refractivity (Wildman–Crippen MR) is 75.5 cm³/mol. The molecule has 0 radical (unpaired) electrons. The van der Waals surface area contributed by atoms with Crippen LogP contribution in [0, 0.1) is 11.3 Å². The van der Waals surface area contributed by atoms with Crippen molar-refractivity contribution in [3.63, 3.8) is 0 Å². The highest BCUT2D eigenvalue weighted by atomic mass is 16.5. The molecular weight excluding hydrogens is 270 g/mol. The van der Waals surface area contributed by atoms with E-state index in [1.165, 1.54) is 4.90 Å². The normalized spacial score (nSPS) is 15.0. The van der Waals surface area contributed by atoms with Gasteiger partial charge in [0.25, 0.3) is 0 Å². The number of carbonyl (C=O) groups is 2. The molecule has 1 aromatic rings. The minimum Gasteiger partial charge on any atom is -0.493 e. The van der Waals surface area contributed by atoms with Crippen molar-refractivity contribution in [3.8, 4) is 11.8 Å². The number of piperazine rings is 1. The number of ether oxygens (including phenoxy) is 1. The van der Waals surface area contributed by atoms with Gasteiger partial charge in [-0.25, -0.2) is 0 Å². The number of rotatable bonds is 5. The number of carbonyl (C=O) groups excluding carboxylic acids is 2. The Morgan fingerprint density at radius 2 is 2.10 bits per heavy atom. The Bertz CT molecular complexity index is 580. The molecule has 6 heteroatoms. The molecule has 0 atom stereocenters. The first kappa shape index (κ1) is 14.9. The van der Waals surface area contributed by atoms with Gasteiger partial charge in [-0.15, -0.1) is 0 Å². The third kappa shape index (κ3) is 3.96. The minimum atomic E-state index is -0.0442. The molecule has 0 spiro atoms. The monoisotopic (exact) mass is 287 g/mol. The molecule has 2 rings (SSSR count). The second-order valence-corrected chi connectivity index (χ2v) is 4.91. The van der Waals surface area contributed by atoms with E-state index < -0.39 is 0 Å². The molecule has 1 saturated heterocycles. The van der Waals surface area contributed by atoms with Gasteiger partial charge in [0.1, 0.15) is 5.75 Å². The van der Waals surface area contributed by atoms with Crippen LogP contribution < -0.4 is 4.74 Å². The van der Waals surface area contributed by atoms with E-state index >= 15 is 0 Å². The molecule has 6 nitrogen and oxygen atoms in total. The van der Waals surface area contributed by atoms with Gasteiger partial charge in [-0.2, -0.15) is 5.26 Å². The van der Waals surface area contributed by atoms with Gasteiger partial charge < -0.3 is 14.5 Å². The molecule has 2 amide bonds. The SMILES string of the molecule is CN1CC(=O)N(CCCOc2cccc(C#N)c2)CC1=O. The van der Waals surface area contributed by atoms with E-state index in [9.17, 15) is 9.59 Å². The van der Waals surface area contributed by atoms with Crippen molar-refractivity contribution in [2.75, 3.05) is 33.3 Å². The lowest BCUT2D eigenvalue weighted by molar-refractivity contribution is -0.148. The molecular formula is C15H17N3O3. The van der Waals surface area contributed by atoms with Crippen molar-refractivity contribution in [1.29, 1.82) is 5.26 Å². The molecule has 1 aromatic carbocycles. The van der Waals surface area contributed by atoms with Gasteiger partial charge in [0.15, 0.2) is 0 Å². The van der Waals surface area contributed by atoms with Crippen LogP contribution >= 0.6 is 0 Å². The fourth-order valence-electron chi connectivity index (χ4n) is 2.07. The van der Waals surface area contributed by atoms with Crippen LogP contribution in [0.25, 0.3) is 0 Å². The molecule has 0 unspecified atom stereocenters. The first-order valence-electron chi connectivity index (χ1n) is 6.75. The van der Waals surface area contributed by atoms with Crippen LogP contribution in [0.5, 0.6) is 5.75 Å². The molecule has 110 valence electrons. The lowest BCUT2D eigenvalue weighted by atomic mass is 10.2. The summed E-state index contributed by atoms with van der Waals surface area (Å²) in [4.78, 5) is 26.3. The van der Waals surface area contributed by atoms with Gasteiger partial charge in [0, 0.05) is 13.6 Å². The molecule has 21 heavy (non-hydrogen) atoms. The maximum Gasteiger partial charge on any atom is 0.242 e. The minimum absolute atomic E-state index is 0.0384. The number of hydrogen-bond acceptors (Lipinski definition) is 4. The van der Waals surface area contributed by atoms with E-state index in [2.05, 4.69) is 0 Å². The Kier molecular flexibility index (Phi) is 4.77. The Morgan fingerprint density at radius 1 is 1.29 bits per heavy atom. The first-order valence-corrected chi connectivity index (χ1v) is 6.75. The van der Waals surface area contributed by atoms with Crippen molar-refractivity contribution < 1.29 is 14.3 Å². The van der Waals surface area contributed by atoms with Gasteiger partial charge >= 0.3 is 0 Å². The van der Waals surface area contributed by atoms with Crippen LogP contribution in [-0.2, 0) is 9.59 Å². The summed E-state index contributed by atoms with van der Waals surface area (Å²) >= 11 is 0. The number of hydrogen-bond donors (Lipinski definition) is 0. The maximum absolute atomic E-state index is 11.8.